The first-order valence-electron chi connectivity index (χ1n) is 16.8. The first-order chi connectivity index (χ1) is 24.6. The van der Waals surface area contributed by atoms with Crippen LogP contribution in [0.3, 0.4) is 0 Å². The first-order valence-corrected chi connectivity index (χ1v) is 18.2. The molecule has 52 heavy (non-hydrogen) atoms. The molecule has 0 saturated carbocycles. The molecule has 1 aliphatic rings. The van der Waals surface area contributed by atoms with E-state index in [0.29, 0.717) is 11.1 Å². The summed E-state index contributed by atoms with van der Waals surface area (Å²) in [5.74, 6) is -1.84. The summed E-state index contributed by atoms with van der Waals surface area (Å²) in [5.41, 5.74) is 1.40. The molecular formula is C36H44N6O9S. The van der Waals surface area contributed by atoms with E-state index in [-0.39, 0.29) is 42.6 Å². The third-order valence-corrected chi connectivity index (χ3v) is 10.4. The quantitative estimate of drug-likeness (QED) is 0.0608. The van der Waals surface area contributed by atoms with Gasteiger partial charge in [-0.15, -0.1) is 0 Å². The lowest BCUT2D eigenvalue weighted by molar-refractivity contribution is -0.384. The third-order valence-electron chi connectivity index (χ3n) is 8.56. The van der Waals surface area contributed by atoms with E-state index in [9.17, 15) is 38.0 Å². The van der Waals surface area contributed by atoms with Crippen LogP contribution in [-0.4, -0.2) is 99.6 Å². The molecule has 16 heteroatoms. The van der Waals surface area contributed by atoms with E-state index in [1.165, 1.54) is 42.5 Å². The molecule has 1 heterocycles. The Morgan fingerprint density at radius 1 is 1.00 bits per heavy atom. The summed E-state index contributed by atoms with van der Waals surface area (Å²) in [4.78, 5) is 53.5. The van der Waals surface area contributed by atoms with Gasteiger partial charge in [-0.2, -0.15) is 4.31 Å². The van der Waals surface area contributed by atoms with Gasteiger partial charge in [-0.3, -0.25) is 24.6 Å². The molecule has 3 N–H and O–H groups in total. The fourth-order valence-corrected chi connectivity index (χ4v) is 7.69. The normalized spacial score (nSPS) is 15.5. The number of nitrogens with one attached hydrogen (secondary N) is 1. The molecule has 1 aliphatic heterocycles. The Balaban J connectivity index is 1.59. The standard InChI is InChI=1S/C36H44N6O9S/c1-24(2)20-39(52(50,51)30-15-13-27(14-16-30)19-37-47)22-32(43)31(18-26-9-6-5-7-10-26)38-35(45)34(25(3)4)41-23-33(44)40(36(41)46)21-28-11-8-12-29(17-28)42(48)49/h5-17,19,24-25,31-32,34,43,47H,18,20-23H2,1-4H3,(H,38,45)/b37-19+/t31-,32?,34+/m0/s1. The first kappa shape index (κ1) is 39.6. The molecular weight excluding hydrogens is 692 g/mol. The van der Waals surface area contributed by atoms with Crippen LogP contribution in [0.5, 0.6) is 0 Å². The van der Waals surface area contributed by atoms with Gasteiger partial charge in [0.05, 0.1) is 34.7 Å². The molecule has 3 aromatic rings. The van der Waals surface area contributed by atoms with Gasteiger partial charge in [0.15, 0.2) is 0 Å². The summed E-state index contributed by atoms with van der Waals surface area (Å²) >= 11 is 0. The summed E-state index contributed by atoms with van der Waals surface area (Å²) in [7, 11) is -4.13. The number of benzene rings is 3. The lowest BCUT2D eigenvalue weighted by atomic mass is 9.97. The SMILES string of the molecule is CC(C)CN(CC(O)[C@H](Cc1ccccc1)NC(=O)[C@@H](C(C)C)N1CC(=O)N(Cc2cccc([N+](=O)[O-])c2)C1=O)S(=O)(=O)c1ccc(/C=N/O)cc1. The largest absolute Gasteiger partial charge is 0.411 e. The average Bonchev–Trinajstić information content (AvgIpc) is 3.36. The second-order valence-corrected chi connectivity index (χ2v) is 15.3. The fraction of sp³-hybridized carbons (Fsp3) is 0.389. The van der Waals surface area contributed by atoms with Crippen LogP contribution in [0.25, 0.3) is 0 Å². The molecule has 0 aliphatic carbocycles. The van der Waals surface area contributed by atoms with Crippen molar-refractivity contribution in [1.29, 1.82) is 0 Å². The Bertz CT molecular complexity index is 1870. The van der Waals surface area contributed by atoms with E-state index in [0.717, 1.165) is 25.9 Å². The van der Waals surface area contributed by atoms with Gasteiger partial charge in [-0.05, 0) is 47.1 Å². The molecule has 0 bridgehead atoms. The van der Waals surface area contributed by atoms with Gasteiger partial charge < -0.3 is 20.5 Å². The molecule has 1 unspecified atom stereocenters. The molecule has 4 rings (SSSR count). The highest BCUT2D eigenvalue weighted by Gasteiger charge is 2.44. The molecule has 278 valence electrons. The minimum atomic E-state index is -4.13. The minimum absolute atomic E-state index is 0.0363. The number of oxime groups is 1. The van der Waals surface area contributed by atoms with Crippen LogP contribution in [-0.2, 0) is 32.6 Å². The van der Waals surface area contributed by atoms with Gasteiger partial charge in [-0.1, -0.05) is 87.4 Å². The van der Waals surface area contributed by atoms with Crippen LogP contribution in [0.1, 0.15) is 44.4 Å². The maximum absolute atomic E-state index is 14.1. The number of hydrogen-bond acceptors (Lipinski definition) is 10. The van der Waals surface area contributed by atoms with Crippen molar-refractivity contribution in [3.63, 3.8) is 0 Å². The van der Waals surface area contributed by atoms with Crippen LogP contribution in [0.4, 0.5) is 10.5 Å². The number of carbonyl (C=O) groups is 3. The van der Waals surface area contributed by atoms with Crippen molar-refractivity contribution in [3.8, 4) is 0 Å². The van der Waals surface area contributed by atoms with Crippen molar-refractivity contribution in [1.82, 2.24) is 19.4 Å². The van der Waals surface area contributed by atoms with Crippen LogP contribution < -0.4 is 5.32 Å². The van der Waals surface area contributed by atoms with Gasteiger partial charge in [0.25, 0.3) is 11.6 Å². The number of nitrogens with zero attached hydrogens (tertiary/aromatic N) is 5. The summed E-state index contributed by atoms with van der Waals surface area (Å²) in [6.45, 7) is 6.15. The second kappa shape index (κ2) is 17.4. The second-order valence-electron chi connectivity index (χ2n) is 13.4. The Labute approximate surface area is 302 Å². The third kappa shape index (κ3) is 9.77. The number of amides is 4. The van der Waals surface area contributed by atoms with E-state index in [1.807, 2.05) is 19.9 Å². The summed E-state index contributed by atoms with van der Waals surface area (Å²) in [5, 5.41) is 37.6. The minimum Gasteiger partial charge on any atom is -0.411 e. The highest BCUT2D eigenvalue weighted by molar-refractivity contribution is 7.89. The molecule has 0 spiro atoms. The number of imide groups is 1. The van der Waals surface area contributed by atoms with Crippen molar-refractivity contribution in [3.05, 3.63) is 106 Å². The monoisotopic (exact) mass is 736 g/mol. The molecule has 0 radical (unpaired) electrons. The smallest absolute Gasteiger partial charge is 0.328 e. The Morgan fingerprint density at radius 3 is 2.25 bits per heavy atom. The van der Waals surface area contributed by atoms with Crippen molar-refractivity contribution >= 4 is 39.8 Å². The zero-order chi connectivity index (χ0) is 38.2. The zero-order valence-corrected chi connectivity index (χ0v) is 30.2. The number of carbonyl (C=O) groups excluding carboxylic acids is 3. The van der Waals surface area contributed by atoms with E-state index in [2.05, 4.69) is 10.5 Å². The van der Waals surface area contributed by atoms with Crippen molar-refractivity contribution in [2.75, 3.05) is 19.6 Å². The van der Waals surface area contributed by atoms with Crippen LogP contribution in [0.15, 0.2) is 88.9 Å². The summed E-state index contributed by atoms with van der Waals surface area (Å²) in [6, 6.07) is 17.4. The molecule has 3 aromatic carbocycles. The number of rotatable bonds is 17. The summed E-state index contributed by atoms with van der Waals surface area (Å²) < 4.78 is 28.9. The molecule has 0 aromatic heterocycles. The number of non-ortho nitro benzene ring substituents is 1. The van der Waals surface area contributed by atoms with E-state index >= 15 is 0 Å². The lowest BCUT2D eigenvalue weighted by Crippen LogP contribution is -2.57. The number of hydrogen-bond donors (Lipinski definition) is 3. The predicted octanol–water partition coefficient (Wildman–Crippen LogP) is 3.63. The topological polar surface area (TPSA) is 203 Å². The summed E-state index contributed by atoms with van der Waals surface area (Å²) in [6.07, 6.45) is -0.129. The van der Waals surface area contributed by atoms with Crippen LogP contribution in [0.2, 0.25) is 0 Å². The molecule has 15 nitrogen and oxygen atoms in total. The molecule has 1 saturated heterocycles. The lowest BCUT2D eigenvalue weighted by Gasteiger charge is -2.34. The zero-order valence-electron chi connectivity index (χ0n) is 29.4. The fourth-order valence-electron chi connectivity index (χ4n) is 6.06. The number of nitro benzene ring substituents is 1. The number of aliphatic hydroxyl groups excluding tert-OH is 1. The van der Waals surface area contributed by atoms with Gasteiger partial charge >= 0.3 is 6.03 Å². The molecule has 3 atom stereocenters. The van der Waals surface area contributed by atoms with Crippen molar-refractivity contribution < 1.29 is 38.0 Å². The predicted molar refractivity (Wildman–Crippen MR) is 192 cm³/mol. The van der Waals surface area contributed by atoms with Gasteiger partial charge in [-0.25, -0.2) is 13.2 Å². The number of aliphatic hydroxyl groups is 1. The van der Waals surface area contributed by atoms with E-state index in [1.54, 1.807) is 44.2 Å². The highest BCUT2D eigenvalue weighted by atomic mass is 32.2. The Kier molecular flexibility index (Phi) is 13.2. The number of nitro groups is 1. The van der Waals surface area contributed by atoms with E-state index in [4.69, 9.17) is 5.21 Å². The Hall–Kier alpha value is -5.19. The highest BCUT2D eigenvalue weighted by Crippen LogP contribution is 2.24. The maximum atomic E-state index is 14.1. The number of urea groups is 1. The van der Waals surface area contributed by atoms with Crippen molar-refractivity contribution in [2.24, 2.45) is 17.0 Å². The van der Waals surface area contributed by atoms with Gasteiger partial charge in [0.1, 0.15) is 12.6 Å². The average molecular weight is 737 g/mol. The van der Waals surface area contributed by atoms with Crippen molar-refractivity contribution in [2.45, 2.75) is 63.7 Å². The van der Waals surface area contributed by atoms with Gasteiger partial charge in [0, 0.05) is 25.2 Å². The Morgan fingerprint density at radius 2 is 1.65 bits per heavy atom. The van der Waals surface area contributed by atoms with Gasteiger partial charge in [0.2, 0.25) is 15.9 Å². The van der Waals surface area contributed by atoms with Crippen LogP contribution >= 0.6 is 0 Å². The maximum Gasteiger partial charge on any atom is 0.328 e. The molecule has 4 amide bonds. The number of sulfonamides is 1. The van der Waals surface area contributed by atoms with Crippen LogP contribution in [0, 0.1) is 22.0 Å². The molecule has 1 fully saturated rings. The van der Waals surface area contributed by atoms with E-state index < -0.39 is 63.4 Å².